The zero-order chi connectivity index (χ0) is 28.2. The monoisotopic (exact) mass is 542 g/mol. The number of rotatable bonds is 8. The summed E-state index contributed by atoms with van der Waals surface area (Å²) in [6.45, 7) is 4.58. The van der Waals surface area contributed by atoms with Gasteiger partial charge in [-0.2, -0.15) is 0 Å². The zero-order valence-electron chi connectivity index (χ0n) is 22.8. The van der Waals surface area contributed by atoms with E-state index < -0.39 is 12.4 Å². The molecule has 7 heteroatoms. The van der Waals surface area contributed by atoms with E-state index in [0.717, 1.165) is 28.1 Å². The van der Waals surface area contributed by atoms with Crippen LogP contribution in [0.3, 0.4) is 0 Å². The van der Waals surface area contributed by atoms with Crippen LogP contribution in [0.15, 0.2) is 84.9 Å². The fraction of sp³-hybridized carbons (Fsp3) is 0.303. The maximum absolute atomic E-state index is 14.1. The highest BCUT2D eigenvalue weighted by molar-refractivity contribution is 6.12. The molecule has 6 nitrogen and oxygen atoms in total. The van der Waals surface area contributed by atoms with E-state index in [1.165, 1.54) is 12.1 Å². The number of nitrogens with zero attached hydrogens (tertiary/aromatic N) is 1. The molecule has 3 atom stereocenters. The topological polar surface area (TPSA) is 83.7 Å². The molecule has 1 aliphatic heterocycles. The number of amides is 1. The summed E-state index contributed by atoms with van der Waals surface area (Å²) in [5.74, 6) is -0.597. The highest BCUT2D eigenvalue weighted by atomic mass is 19.1. The van der Waals surface area contributed by atoms with Gasteiger partial charge >= 0.3 is 0 Å². The molecular formula is C33H35FN2O4. The number of aromatic nitrogens is 1. The molecule has 3 N–H and O–H groups in total. The van der Waals surface area contributed by atoms with E-state index in [2.05, 4.69) is 23.7 Å². The summed E-state index contributed by atoms with van der Waals surface area (Å²) in [7, 11) is 0. The third-order valence-electron chi connectivity index (χ3n) is 7.32. The van der Waals surface area contributed by atoms with Crippen LogP contribution in [0.4, 0.5) is 10.1 Å². The molecule has 1 aliphatic rings. The van der Waals surface area contributed by atoms with Gasteiger partial charge < -0.3 is 24.8 Å². The largest absolute Gasteiger partial charge is 0.393 e. The van der Waals surface area contributed by atoms with E-state index in [-0.39, 0.29) is 30.2 Å². The first kappa shape index (κ1) is 27.8. The van der Waals surface area contributed by atoms with Gasteiger partial charge in [0, 0.05) is 29.9 Å². The van der Waals surface area contributed by atoms with Gasteiger partial charge in [0.05, 0.1) is 23.5 Å². The van der Waals surface area contributed by atoms with Crippen molar-refractivity contribution in [3.05, 3.63) is 102 Å². The Morgan fingerprint density at radius 3 is 2.23 bits per heavy atom. The van der Waals surface area contributed by atoms with Crippen LogP contribution in [0.2, 0.25) is 0 Å². The first-order valence-electron chi connectivity index (χ1n) is 13.8. The number of aliphatic hydroxyl groups excluding tert-OH is 2. The van der Waals surface area contributed by atoms with Crippen molar-refractivity contribution in [3.8, 4) is 22.4 Å². The van der Waals surface area contributed by atoms with Gasteiger partial charge in [0.1, 0.15) is 5.82 Å². The summed E-state index contributed by atoms with van der Waals surface area (Å²) < 4.78 is 21.9. The van der Waals surface area contributed by atoms with Gasteiger partial charge in [-0.3, -0.25) is 4.79 Å². The maximum Gasteiger partial charge on any atom is 0.258 e. The van der Waals surface area contributed by atoms with Crippen LogP contribution in [-0.2, 0) is 11.3 Å². The maximum atomic E-state index is 14.1. The van der Waals surface area contributed by atoms with Crippen LogP contribution in [0.1, 0.15) is 55.1 Å². The van der Waals surface area contributed by atoms with Crippen LogP contribution < -0.4 is 5.32 Å². The Morgan fingerprint density at radius 2 is 1.60 bits per heavy atom. The van der Waals surface area contributed by atoms with E-state index in [1.54, 1.807) is 12.1 Å². The first-order valence-corrected chi connectivity index (χ1v) is 13.8. The molecular weight excluding hydrogens is 507 g/mol. The fourth-order valence-corrected chi connectivity index (χ4v) is 5.63. The Kier molecular flexibility index (Phi) is 8.45. The van der Waals surface area contributed by atoms with Crippen molar-refractivity contribution in [2.75, 3.05) is 5.32 Å². The Labute approximate surface area is 234 Å². The van der Waals surface area contributed by atoms with E-state index >= 15 is 0 Å². The molecule has 2 heterocycles. The number of halogens is 1. The number of benzene rings is 3. The molecule has 0 radical (unpaired) electrons. The summed E-state index contributed by atoms with van der Waals surface area (Å²) in [5, 5.41) is 23.4. The molecule has 1 saturated heterocycles. The van der Waals surface area contributed by atoms with Gasteiger partial charge in [0.2, 0.25) is 0 Å². The second-order valence-electron chi connectivity index (χ2n) is 10.6. The summed E-state index contributed by atoms with van der Waals surface area (Å²) in [6, 6.07) is 25.4. The lowest BCUT2D eigenvalue weighted by Gasteiger charge is -2.31. The first-order chi connectivity index (χ1) is 19.3. The molecule has 5 rings (SSSR count). The Hall–Kier alpha value is -3.78. The number of nitrogens with one attached hydrogen (secondary N) is 1. The van der Waals surface area contributed by atoms with Crippen LogP contribution in [-0.4, -0.2) is 39.2 Å². The third-order valence-corrected chi connectivity index (χ3v) is 7.32. The zero-order valence-corrected chi connectivity index (χ0v) is 22.8. The second kappa shape index (κ2) is 12.2. The van der Waals surface area contributed by atoms with E-state index in [9.17, 15) is 19.4 Å². The molecule has 0 spiro atoms. The molecule has 1 aromatic heterocycles. The van der Waals surface area contributed by atoms with E-state index in [4.69, 9.17) is 4.74 Å². The van der Waals surface area contributed by atoms with Gasteiger partial charge in [0.25, 0.3) is 5.91 Å². The standard InChI is InChI=1S/C33H35FN2O4/c1-21(2)31-30(33(39)35-25-11-7-4-8-12-25)29(22-9-5-3-6-10-22)32(23-13-15-24(34)16-14-23)36(31)18-17-27-19-26(37)20-28(38)40-27/h3-16,21,26-28,37-38H,17-20H2,1-2H3,(H,35,39)/t26-,27-,28+/m1/s1. The minimum absolute atomic E-state index is 0.0309. The predicted octanol–water partition coefficient (Wildman–Crippen LogP) is 6.59. The van der Waals surface area contributed by atoms with Crippen molar-refractivity contribution in [1.29, 1.82) is 0 Å². The van der Waals surface area contributed by atoms with Gasteiger partial charge in [-0.05, 0) is 66.3 Å². The molecule has 1 amide bonds. The average molecular weight is 543 g/mol. The number of para-hydroxylation sites is 1. The number of aliphatic hydroxyl groups is 2. The van der Waals surface area contributed by atoms with Crippen molar-refractivity contribution in [2.45, 2.75) is 64.1 Å². The van der Waals surface area contributed by atoms with Crippen LogP contribution in [0.5, 0.6) is 0 Å². The molecule has 0 aliphatic carbocycles. The molecule has 4 aromatic rings. The number of hydrogen-bond acceptors (Lipinski definition) is 4. The molecule has 40 heavy (non-hydrogen) atoms. The normalized spacial score (nSPS) is 19.1. The summed E-state index contributed by atoms with van der Waals surface area (Å²) in [5.41, 5.74) is 5.35. The number of ether oxygens (including phenoxy) is 1. The lowest BCUT2D eigenvalue weighted by molar-refractivity contribution is -0.190. The van der Waals surface area contributed by atoms with Crippen molar-refractivity contribution < 1.29 is 24.1 Å². The molecule has 3 aromatic carbocycles. The minimum atomic E-state index is -1.01. The lowest BCUT2D eigenvalue weighted by Crippen LogP contribution is -2.36. The third kappa shape index (κ3) is 6.02. The average Bonchev–Trinajstić information content (AvgIpc) is 3.28. The van der Waals surface area contributed by atoms with Crippen molar-refractivity contribution in [3.63, 3.8) is 0 Å². The number of hydrogen-bond donors (Lipinski definition) is 3. The smallest absolute Gasteiger partial charge is 0.258 e. The molecule has 208 valence electrons. The highest BCUT2D eigenvalue weighted by Crippen LogP contribution is 2.43. The predicted molar refractivity (Wildman–Crippen MR) is 154 cm³/mol. The Bertz CT molecular complexity index is 1430. The van der Waals surface area contributed by atoms with Crippen molar-refractivity contribution >= 4 is 11.6 Å². The molecule has 1 fully saturated rings. The quantitative estimate of drug-likeness (QED) is 0.235. The van der Waals surface area contributed by atoms with Gasteiger partial charge in [0.15, 0.2) is 6.29 Å². The van der Waals surface area contributed by atoms with E-state index in [0.29, 0.717) is 30.6 Å². The van der Waals surface area contributed by atoms with Crippen LogP contribution >= 0.6 is 0 Å². The minimum Gasteiger partial charge on any atom is -0.393 e. The van der Waals surface area contributed by atoms with Crippen LogP contribution in [0.25, 0.3) is 22.4 Å². The summed E-state index contributed by atoms with van der Waals surface area (Å²) in [6.07, 6.45) is -0.846. The number of carbonyl (C=O) groups excluding carboxylic acids is 1. The molecule has 0 saturated carbocycles. The molecule has 0 bridgehead atoms. The van der Waals surface area contributed by atoms with Gasteiger partial charge in [-0.1, -0.05) is 62.4 Å². The van der Waals surface area contributed by atoms with Crippen molar-refractivity contribution in [2.24, 2.45) is 0 Å². The summed E-state index contributed by atoms with van der Waals surface area (Å²) >= 11 is 0. The second-order valence-corrected chi connectivity index (χ2v) is 10.6. The van der Waals surface area contributed by atoms with Crippen molar-refractivity contribution in [1.82, 2.24) is 4.57 Å². The van der Waals surface area contributed by atoms with E-state index in [1.807, 2.05) is 60.7 Å². The highest BCUT2D eigenvalue weighted by Gasteiger charge is 2.32. The Balaban J connectivity index is 1.70. The van der Waals surface area contributed by atoms with Gasteiger partial charge in [-0.15, -0.1) is 0 Å². The fourth-order valence-electron chi connectivity index (χ4n) is 5.63. The lowest BCUT2D eigenvalue weighted by atomic mass is 9.94. The van der Waals surface area contributed by atoms with Crippen LogP contribution in [0, 0.1) is 5.82 Å². The Morgan fingerprint density at radius 1 is 0.950 bits per heavy atom. The molecule has 0 unspecified atom stereocenters. The number of carbonyl (C=O) groups is 1. The SMILES string of the molecule is CC(C)c1c(C(=O)Nc2ccccc2)c(-c2ccccc2)c(-c2ccc(F)cc2)n1CC[C@@H]1C[C@@H](O)C[C@@H](O)O1. The summed E-state index contributed by atoms with van der Waals surface area (Å²) in [4.78, 5) is 14.1. The van der Waals surface area contributed by atoms with Gasteiger partial charge in [-0.25, -0.2) is 4.39 Å². The number of anilines is 1.